The van der Waals surface area contributed by atoms with Crippen LogP contribution in [0.25, 0.3) is 11.1 Å². The maximum atomic E-state index is 14.6. The number of anilines is 1. The van der Waals surface area contributed by atoms with Crippen molar-refractivity contribution in [1.82, 2.24) is 4.98 Å². The third-order valence-corrected chi connectivity index (χ3v) is 5.35. The number of aromatic nitrogens is 1. The summed E-state index contributed by atoms with van der Waals surface area (Å²) < 4.78 is 14.6. The van der Waals surface area contributed by atoms with E-state index in [-0.39, 0.29) is 41.5 Å². The molecule has 0 radical (unpaired) electrons. The molecule has 3 rings (SSSR count). The van der Waals surface area contributed by atoms with E-state index >= 15 is 0 Å². The number of phenolic OH excluding ortho intramolecular Hbond substituents is 1. The molecule has 160 valence electrons. The molecular formula is C25H25FN2O3. The van der Waals surface area contributed by atoms with Crippen LogP contribution in [0.15, 0.2) is 54.7 Å². The van der Waals surface area contributed by atoms with Crippen LogP contribution in [-0.4, -0.2) is 28.8 Å². The van der Waals surface area contributed by atoms with Crippen molar-refractivity contribution < 1.29 is 19.1 Å². The third-order valence-electron chi connectivity index (χ3n) is 5.35. The Morgan fingerprint density at radius 1 is 1.10 bits per heavy atom. The van der Waals surface area contributed by atoms with Gasteiger partial charge in [0.2, 0.25) is 5.91 Å². The first-order valence-corrected chi connectivity index (χ1v) is 10.1. The third kappa shape index (κ3) is 4.97. The molecule has 0 unspecified atom stereocenters. The van der Waals surface area contributed by atoms with Gasteiger partial charge in [-0.1, -0.05) is 25.1 Å². The Hall–Kier alpha value is -3.54. The minimum atomic E-state index is -0.534. The number of amides is 1. The molecule has 0 aliphatic carbocycles. The first-order valence-electron chi connectivity index (χ1n) is 10.1. The van der Waals surface area contributed by atoms with E-state index in [9.17, 15) is 19.1 Å². The molecule has 31 heavy (non-hydrogen) atoms. The first-order chi connectivity index (χ1) is 14.8. The molecule has 6 heteroatoms. The maximum Gasteiger partial charge on any atom is 0.226 e. The molecule has 0 bridgehead atoms. The minimum absolute atomic E-state index is 0.145. The Morgan fingerprint density at radius 3 is 2.45 bits per heavy atom. The Kier molecular flexibility index (Phi) is 6.80. The van der Waals surface area contributed by atoms with Crippen molar-refractivity contribution in [1.29, 1.82) is 0 Å². The minimum Gasteiger partial charge on any atom is -0.507 e. The number of ketones is 1. The predicted molar refractivity (Wildman–Crippen MR) is 119 cm³/mol. The Balaban J connectivity index is 1.77. The summed E-state index contributed by atoms with van der Waals surface area (Å²) in [5, 5.41) is 10.4. The summed E-state index contributed by atoms with van der Waals surface area (Å²) in [6, 6.07) is 13.0. The number of aromatic hydroxyl groups is 1. The highest BCUT2D eigenvalue weighted by molar-refractivity contribution is 5.99. The number of phenols is 1. The number of hydrogen-bond acceptors (Lipinski definition) is 4. The van der Waals surface area contributed by atoms with Crippen molar-refractivity contribution in [3.05, 3.63) is 77.4 Å². The van der Waals surface area contributed by atoms with Gasteiger partial charge in [-0.3, -0.25) is 14.6 Å². The van der Waals surface area contributed by atoms with Crippen molar-refractivity contribution in [3.8, 4) is 16.9 Å². The highest BCUT2D eigenvalue weighted by Crippen LogP contribution is 2.30. The van der Waals surface area contributed by atoms with Gasteiger partial charge in [0, 0.05) is 31.8 Å². The molecule has 2 aromatic carbocycles. The topological polar surface area (TPSA) is 70.5 Å². The van der Waals surface area contributed by atoms with E-state index < -0.39 is 5.82 Å². The van der Waals surface area contributed by atoms with Gasteiger partial charge in [-0.25, -0.2) is 4.39 Å². The van der Waals surface area contributed by atoms with Gasteiger partial charge in [0.1, 0.15) is 11.6 Å². The number of pyridine rings is 1. The van der Waals surface area contributed by atoms with Crippen LogP contribution in [0.2, 0.25) is 0 Å². The summed E-state index contributed by atoms with van der Waals surface area (Å²) in [6.07, 6.45) is 2.78. The van der Waals surface area contributed by atoms with Crippen molar-refractivity contribution in [3.63, 3.8) is 0 Å². The zero-order valence-electron chi connectivity index (χ0n) is 17.9. The summed E-state index contributed by atoms with van der Waals surface area (Å²) in [5.41, 5.74) is 3.42. The number of hydrogen-bond donors (Lipinski definition) is 1. The zero-order valence-corrected chi connectivity index (χ0v) is 17.9. The molecule has 0 saturated heterocycles. The van der Waals surface area contributed by atoms with Crippen LogP contribution in [0.1, 0.15) is 41.4 Å². The van der Waals surface area contributed by atoms with Crippen molar-refractivity contribution in [2.45, 2.75) is 33.1 Å². The van der Waals surface area contributed by atoms with E-state index in [1.165, 1.54) is 30.1 Å². The maximum absolute atomic E-state index is 14.6. The fraction of sp³-hybridized carbons (Fsp3) is 0.240. The van der Waals surface area contributed by atoms with Crippen LogP contribution in [0, 0.1) is 12.7 Å². The number of nitrogens with zero attached hydrogens (tertiary/aromatic N) is 2. The van der Waals surface area contributed by atoms with Gasteiger partial charge in [0.05, 0.1) is 11.3 Å². The summed E-state index contributed by atoms with van der Waals surface area (Å²) >= 11 is 0. The van der Waals surface area contributed by atoms with Gasteiger partial charge < -0.3 is 10.0 Å². The van der Waals surface area contributed by atoms with E-state index in [1.54, 1.807) is 31.3 Å². The molecule has 1 heterocycles. The number of rotatable bonds is 7. The number of carbonyl (C=O) groups excluding carboxylic acids is 2. The molecule has 1 N–H and O–H groups in total. The summed E-state index contributed by atoms with van der Waals surface area (Å²) in [7, 11) is 1.53. The van der Waals surface area contributed by atoms with Crippen LogP contribution in [0.3, 0.4) is 0 Å². The van der Waals surface area contributed by atoms with E-state index in [2.05, 4.69) is 4.98 Å². The van der Waals surface area contributed by atoms with Gasteiger partial charge in [0.15, 0.2) is 5.78 Å². The predicted octanol–water partition coefficient (Wildman–Crippen LogP) is 5.09. The molecule has 5 nitrogen and oxygen atoms in total. The van der Waals surface area contributed by atoms with Crippen molar-refractivity contribution in [2.75, 3.05) is 11.9 Å². The highest BCUT2D eigenvalue weighted by atomic mass is 19.1. The molecule has 0 saturated carbocycles. The summed E-state index contributed by atoms with van der Waals surface area (Å²) in [6.45, 7) is 3.61. The standard InChI is InChI=1S/C25H25FN2O3/c1-4-25(31)28(3)22-11-8-18(14-21(22)26)19-7-10-20(24(30)15-19)23(29)12-9-17-6-5-13-27-16(17)2/h5-8,10-11,13-15,30H,4,9,12H2,1-3H3. The van der Waals surface area contributed by atoms with Gasteiger partial charge in [0.25, 0.3) is 0 Å². The average molecular weight is 420 g/mol. The summed E-state index contributed by atoms with van der Waals surface area (Å²) in [4.78, 5) is 29.9. The molecule has 3 aromatic rings. The van der Waals surface area contributed by atoms with E-state index in [0.717, 1.165) is 11.3 Å². The SMILES string of the molecule is CCC(=O)N(C)c1ccc(-c2ccc(C(=O)CCc3cccnc3C)c(O)c2)cc1F. The fourth-order valence-electron chi connectivity index (χ4n) is 3.44. The molecule has 0 atom stereocenters. The lowest BCUT2D eigenvalue weighted by Gasteiger charge is -2.18. The lowest BCUT2D eigenvalue weighted by molar-refractivity contribution is -0.118. The average Bonchev–Trinajstić information content (AvgIpc) is 2.77. The normalized spacial score (nSPS) is 10.7. The second kappa shape index (κ2) is 9.51. The zero-order chi connectivity index (χ0) is 22.5. The van der Waals surface area contributed by atoms with Crippen molar-refractivity contribution in [2.24, 2.45) is 0 Å². The molecular weight excluding hydrogens is 395 g/mol. The Morgan fingerprint density at radius 2 is 1.81 bits per heavy atom. The fourth-order valence-corrected chi connectivity index (χ4v) is 3.44. The monoisotopic (exact) mass is 420 g/mol. The van der Waals surface area contributed by atoms with Gasteiger partial charge in [-0.15, -0.1) is 0 Å². The lowest BCUT2D eigenvalue weighted by atomic mass is 9.98. The van der Waals surface area contributed by atoms with Gasteiger partial charge in [-0.2, -0.15) is 0 Å². The summed E-state index contributed by atoms with van der Waals surface area (Å²) in [5.74, 6) is -1.04. The number of halogens is 1. The van der Waals surface area contributed by atoms with Crippen molar-refractivity contribution >= 4 is 17.4 Å². The second-order valence-electron chi connectivity index (χ2n) is 7.38. The molecule has 0 aliphatic heterocycles. The smallest absolute Gasteiger partial charge is 0.226 e. The quantitative estimate of drug-likeness (QED) is 0.541. The molecule has 0 fully saturated rings. The molecule has 0 spiro atoms. The molecule has 1 amide bonds. The highest BCUT2D eigenvalue weighted by Gasteiger charge is 2.16. The van der Waals surface area contributed by atoms with Gasteiger partial charge >= 0.3 is 0 Å². The van der Waals surface area contributed by atoms with Crippen LogP contribution in [0.5, 0.6) is 5.75 Å². The molecule has 0 aliphatic rings. The lowest BCUT2D eigenvalue weighted by Crippen LogP contribution is -2.25. The van der Waals surface area contributed by atoms with E-state index in [0.29, 0.717) is 17.5 Å². The van der Waals surface area contributed by atoms with Crippen LogP contribution in [-0.2, 0) is 11.2 Å². The Bertz CT molecular complexity index is 1130. The molecule has 1 aromatic heterocycles. The number of aryl methyl sites for hydroxylation is 2. The van der Waals surface area contributed by atoms with Crippen LogP contribution < -0.4 is 4.90 Å². The Labute approximate surface area is 181 Å². The van der Waals surface area contributed by atoms with Crippen LogP contribution >= 0.6 is 0 Å². The van der Waals surface area contributed by atoms with Gasteiger partial charge in [-0.05, 0) is 60.4 Å². The first kappa shape index (κ1) is 22.2. The number of Topliss-reactive ketones (excluding diaryl/α,β-unsaturated/α-hetero) is 1. The second-order valence-corrected chi connectivity index (χ2v) is 7.38. The number of benzene rings is 2. The number of carbonyl (C=O) groups is 2. The van der Waals surface area contributed by atoms with Crippen LogP contribution in [0.4, 0.5) is 10.1 Å². The van der Waals surface area contributed by atoms with E-state index in [1.807, 2.05) is 19.1 Å². The largest absolute Gasteiger partial charge is 0.507 e. The van der Waals surface area contributed by atoms with E-state index in [4.69, 9.17) is 0 Å².